The van der Waals surface area contributed by atoms with Gasteiger partial charge in [0, 0.05) is 71.7 Å². The first-order valence-corrected chi connectivity index (χ1v) is 29.2. The fraction of sp³-hybridized carbons (Fsp3) is 0.333. The van der Waals surface area contributed by atoms with Gasteiger partial charge in [-0.05, 0) is 123 Å². The minimum Gasteiger partial charge on any atom is -1.00 e. The Balaban J connectivity index is 0.000000174. The molecule has 0 bridgehead atoms. The van der Waals surface area contributed by atoms with Gasteiger partial charge in [0.1, 0.15) is 23.3 Å². The molecule has 4 aliphatic rings. The molecule has 4 aromatic heterocycles. The molecular weight excluding hydrogens is 1030 g/mol. The van der Waals surface area contributed by atoms with Crippen LogP contribution in [0.1, 0.15) is 87.7 Å². The summed E-state index contributed by atoms with van der Waals surface area (Å²) in [4.78, 5) is 28.4. The Labute approximate surface area is 476 Å². The third-order valence-corrected chi connectivity index (χ3v) is 16.0. The number of nitrogens with one attached hydrogen (secondary N) is 2. The predicted octanol–water partition coefficient (Wildman–Crippen LogP) is 9.34. The fourth-order valence-corrected chi connectivity index (χ4v) is 11.4. The normalized spacial score (nSPS) is 16.6. The number of rotatable bonds is 16. The fourth-order valence-electron chi connectivity index (χ4n) is 9.63. The molecule has 0 spiro atoms. The molecule has 12 rings (SSSR count). The van der Waals surface area contributed by atoms with Gasteiger partial charge in [-0.1, -0.05) is 60.7 Å². The summed E-state index contributed by atoms with van der Waals surface area (Å²) in [5.74, 6) is 5.39. The van der Waals surface area contributed by atoms with Gasteiger partial charge in [0.25, 0.3) is 10.1 Å². The van der Waals surface area contributed by atoms with E-state index in [0.29, 0.717) is 54.3 Å². The average Bonchev–Trinajstić information content (AvgIpc) is 4.19. The summed E-state index contributed by atoms with van der Waals surface area (Å²) in [5.41, 5.74) is 9.13. The van der Waals surface area contributed by atoms with Crippen molar-refractivity contribution in [2.75, 3.05) is 29.2 Å². The van der Waals surface area contributed by atoms with Gasteiger partial charge in [0.2, 0.25) is 11.9 Å². The van der Waals surface area contributed by atoms with Crippen molar-refractivity contribution in [2.24, 2.45) is 0 Å². The van der Waals surface area contributed by atoms with E-state index in [1.54, 1.807) is 18.3 Å². The average molecular weight is 1090 g/mol. The van der Waals surface area contributed by atoms with Crippen LogP contribution in [0.15, 0.2) is 134 Å². The number of hydrogen-bond donors (Lipinski definition) is 3. The second-order valence-corrected chi connectivity index (χ2v) is 22.3. The minimum absolute atomic E-state index is 0. The minimum atomic E-state index is -3.57. The van der Waals surface area contributed by atoms with Crippen molar-refractivity contribution in [1.82, 2.24) is 39.0 Å². The summed E-state index contributed by atoms with van der Waals surface area (Å²) < 4.78 is 59.9. The van der Waals surface area contributed by atoms with Gasteiger partial charge in [-0.2, -0.15) is 32.8 Å². The number of fused-ring (bicyclic) bond motifs is 2. The van der Waals surface area contributed by atoms with Crippen LogP contribution in [-0.4, -0.2) is 78.2 Å². The number of aryl methyl sites for hydroxylation is 2. The Bertz CT molecular complexity index is 3300. The summed E-state index contributed by atoms with van der Waals surface area (Å²) in [6.07, 6.45) is 15.0. The number of hydrogen-bond acceptors (Lipinski definition) is 13. The van der Waals surface area contributed by atoms with Gasteiger partial charge < -0.3 is 21.2 Å². The van der Waals surface area contributed by atoms with Crippen LogP contribution in [0.25, 0.3) is 45.3 Å². The van der Waals surface area contributed by atoms with Gasteiger partial charge in [-0.15, -0.1) is 0 Å². The number of aromatic nitrogens is 8. The second kappa shape index (κ2) is 25.8. The molecule has 390 valence electrons. The second-order valence-electron chi connectivity index (χ2n) is 19.3. The molecule has 0 amide bonds. The third kappa shape index (κ3) is 13.8. The topological polar surface area (TPSA) is 155 Å². The van der Waals surface area contributed by atoms with Gasteiger partial charge >= 0.3 is 29.6 Å². The molecule has 4 aromatic carbocycles. The van der Waals surface area contributed by atoms with Crippen molar-refractivity contribution < 1.29 is 52.4 Å². The Morgan fingerprint density at radius 2 is 1.09 bits per heavy atom. The molecule has 2 aliphatic heterocycles. The maximum atomic E-state index is 13.7. The standard InChI is InChI=1S/C28H28FN5S.C22H24FN5O3S.C7H8S.Na.H/c29-21-11-9-20(10-12-21)26-27(24-15-16-30-28(32-24)31-22-7-4-8-22)34-23(13-14-25(34)33-26)18-35-17-19-5-2-1-3-6-19;1-32(29,30)31-13-17-9-10-19-27-20(14-5-7-15(23)8-6-14)21(28(17)19)18-11-12-24-22(26-18)25-16-3-2-4-16;8-6-7-4-2-1-3-5-7;;/h1-3,5-6,9-12,15-16,22-23H,4,7-8,13-14,17-18H2,(H,30,31,32);5-8,11-12,16-17H,2-4,9-10,13H2,1H3,(H,24,25,26);1-5,8H,6H2;;/q;;;+1;-1/t23-;17-;;;/m00.../s1. The van der Waals surface area contributed by atoms with Gasteiger partial charge in [0.15, 0.2) is 0 Å². The number of benzene rings is 4. The molecular formula is C57H61F2N10NaO3S3. The number of imidazole rings is 2. The van der Waals surface area contributed by atoms with Crippen LogP contribution in [-0.2, 0) is 38.6 Å². The van der Waals surface area contributed by atoms with E-state index in [1.807, 2.05) is 65.0 Å². The number of halogens is 2. The van der Waals surface area contributed by atoms with Crippen molar-refractivity contribution in [2.45, 2.75) is 99.9 Å². The van der Waals surface area contributed by atoms with Crippen LogP contribution < -0.4 is 40.2 Å². The third-order valence-electron chi connectivity index (χ3n) is 13.9. The first-order chi connectivity index (χ1) is 36.5. The van der Waals surface area contributed by atoms with Crippen LogP contribution in [0.3, 0.4) is 0 Å². The first kappa shape index (κ1) is 55.3. The molecule has 2 N–H and O–H groups in total. The summed E-state index contributed by atoms with van der Waals surface area (Å²) in [6.45, 7) is 0.0241. The van der Waals surface area contributed by atoms with Crippen LogP contribution in [0.5, 0.6) is 0 Å². The smallest absolute Gasteiger partial charge is 1.00 e. The zero-order chi connectivity index (χ0) is 51.7. The van der Waals surface area contributed by atoms with Gasteiger partial charge in [0.05, 0.1) is 53.1 Å². The van der Waals surface area contributed by atoms with Crippen LogP contribution >= 0.6 is 24.4 Å². The summed E-state index contributed by atoms with van der Waals surface area (Å²) in [7, 11) is -3.57. The number of nitrogens with zero attached hydrogens (tertiary/aromatic N) is 8. The summed E-state index contributed by atoms with van der Waals surface area (Å²) >= 11 is 6.07. The molecule has 19 heteroatoms. The molecule has 2 fully saturated rings. The first-order valence-electron chi connectivity index (χ1n) is 25.6. The Kier molecular flexibility index (Phi) is 18.8. The summed E-state index contributed by atoms with van der Waals surface area (Å²) in [5, 5.41) is 6.84. The molecule has 2 atom stereocenters. The molecule has 0 radical (unpaired) electrons. The molecule has 13 nitrogen and oxygen atoms in total. The van der Waals surface area contributed by atoms with Crippen molar-refractivity contribution in [3.05, 3.63) is 168 Å². The molecule has 2 saturated carbocycles. The number of anilines is 2. The molecule has 6 heterocycles. The Hall–Kier alpha value is -5.47. The number of thiol groups is 1. The van der Waals surface area contributed by atoms with E-state index in [-0.39, 0.29) is 55.3 Å². The van der Waals surface area contributed by atoms with E-state index in [2.05, 4.69) is 80.3 Å². The molecule has 8 aromatic rings. The maximum Gasteiger partial charge on any atom is 1.00 e. The number of thioether (sulfide) groups is 1. The molecule has 2 aliphatic carbocycles. The maximum absolute atomic E-state index is 13.7. The molecule has 0 unspecified atom stereocenters. The van der Waals surface area contributed by atoms with E-state index in [0.717, 1.165) is 108 Å². The van der Waals surface area contributed by atoms with Crippen molar-refractivity contribution in [1.29, 1.82) is 0 Å². The zero-order valence-electron chi connectivity index (χ0n) is 43.7. The monoisotopic (exact) mass is 1090 g/mol. The van der Waals surface area contributed by atoms with E-state index in [4.69, 9.17) is 24.1 Å². The molecule has 0 saturated heterocycles. The Morgan fingerprint density at radius 3 is 1.53 bits per heavy atom. The summed E-state index contributed by atoms with van der Waals surface area (Å²) in [6, 6.07) is 38.3. The largest absolute Gasteiger partial charge is 1.00 e. The SMILES string of the molecule is CS(=O)(=O)OC[C@@H]1CCc2nc(-c3ccc(F)cc3)c(-c3ccnc(NC4CCC4)n3)n21.Fc1ccc(-c2nc3n(c2-c2ccnc(NC4CCC4)n2)[C@H](CSCc2ccccc2)CC3)cc1.SCc1ccccc1.[H-].[Na+]. The molecule has 76 heavy (non-hydrogen) atoms. The van der Waals surface area contributed by atoms with Crippen molar-refractivity contribution in [3.8, 4) is 45.3 Å². The van der Waals surface area contributed by atoms with E-state index >= 15 is 0 Å². The van der Waals surface area contributed by atoms with Gasteiger partial charge in [-0.3, -0.25) is 4.18 Å². The predicted molar refractivity (Wildman–Crippen MR) is 298 cm³/mol. The van der Waals surface area contributed by atoms with Crippen LogP contribution in [0, 0.1) is 11.6 Å². The van der Waals surface area contributed by atoms with Crippen molar-refractivity contribution in [3.63, 3.8) is 0 Å². The van der Waals surface area contributed by atoms with Crippen LogP contribution in [0.4, 0.5) is 20.7 Å². The van der Waals surface area contributed by atoms with Crippen molar-refractivity contribution >= 4 is 46.4 Å². The van der Waals surface area contributed by atoms with E-state index < -0.39 is 10.1 Å². The quantitative estimate of drug-likeness (QED) is 0.0480. The van der Waals surface area contributed by atoms with Gasteiger partial charge in [-0.25, -0.2) is 38.7 Å². The van der Waals surface area contributed by atoms with E-state index in [1.165, 1.54) is 48.2 Å². The van der Waals surface area contributed by atoms with Crippen LogP contribution in [0.2, 0.25) is 0 Å². The Morgan fingerprint density at radius 1 is 0.632 bits per heavy atom. The van der Waals surface area contributed by atoms with E-state index in [9.17, 15) is 17.2 Å². The zero-order valence-corrected chi connectivity index (χ0v) is 47.3.